The van der Waals surface area contributed by atoms with E-state index in [1.807, 2.05) is 26.3 Å². The summed E-state index contributed by atoms with van der Waals surface area (Å²) in [4.78, 5) is 23.2. The predicted molar refractivity (Wildman–Crippen MR) is 92.4 cm³/mol. The van der Waals surface area contributed by atoms with Crippen molar-refractivity contribution in [1.82, 2.24) is 15.3 Å². The summed E-state index contributed by atoms with van der Waals surface area (Å²) < 4.78 is 0. The van der Waals surface area contributed by atoms with Crippen LogP contribution in [0, 0.1) is 25.7 Å². The number of rotatable bonds is 5. The molecular formula is C16H26N4OS. The Hall–Kier alpha value is -1.30. The molecule has 1 saturated heterocycles. The molecule has 0 aliphatic carbocycles. The van der Waals surface area contributed by atoms with Crippen molar-refractivity contribution in [3.8, 4) is 0 Å². The molecule has 2 rings (SSSR count). The summed E-state index contributed by atoms with van der Waals surface area (Å²) in [6.45, 7) is 10.1. The molecule has 1 fully saturated rings. The van der Waals surface area contributed by atoms with Crippen LogP contribution < -0.4 is 10.2 Å². The third-order valence-electron chi connectivity index (χ3n) is 4.35. The average molecular weight is 322 g/mol. The lowest BCUT2D eigenvalue weighted by molar-refractivity contribution is -0.119. The Morgan fingerprint density at radius 1 is 1.41 bits per heavy atom. The van der Waals surface area contributed by atoms with Crippen molar-refractivity contribution >= 4 is 23.5 Å². The van der Waals surface area contributed by atoms with E-state index in [2.05, 4.69) is 34.0 Å². The van der Waals surface area contributed by atoms with E-state index >= 15 is 0 Å². The Labute approximate surface area is 137 Å². The minimum atomic E-state index is 0.121. The third kappa shape index (κ3) is 3.91. The zero-order valence-electron chi connectivity index (χ0n) is 14.1. The number of anilines is 1. The molecule has 0 aromatic carbocycles. The third-order valence-corrected chi connectivity index (χ3v) is 4.90. The normalized spacial score (nSPS) is 21.5. The largest absolute Gasteiger partial charge is 0.353 e. The van der Waals surface area contributed by atoms with Gasteiger partial charge >= 0.3 is 0 Å². The summed E-state index contributed by atoms with van der Waals surface area (Å²) in [6.07, 6.45) is 3.79. The van der Waals surface area contributed by atoms with Crippen LogP contribution in [0.1, 0.15) is 25.2 Å². The maximum absolute atomic E-state index is 11.9. The van der Waals surface area contributed by atoms with Gasteiger partial charge in [-0.05, 0) is 26.0 Å². The number of aromatic nitrogens is 2. The van der Waals surface area contributed by atoms with Gasteiger partial charge in [0, 0.05) is 19.0 Å². The van der Waals surface area contributed by atoms with Crippen molar-refractivity contribution in [3.05, 3.63) is 17.6 Å². The fraction of sp³-hybridized carbons (Fsp3) is 0.688. The van der Waals surface area contributed by atoms with E-state index in [1.165, 1.54) is 0 Å². The van der Waals surface area contributed by atoms with Crippen LogP contribution >= 0.6 is 11.8 Å². The maximum Gasteiger partial charge on any atom is 0.230 e. The quantitative estimate of drug-likeness (QED) is 0.899. The van der Waals surface area contributed by atoms with Crippen LogP contribution in [0.15, 0.2) is 6.20 Å². The minimum absolute atomic E-state index is 0.121. The number of nitrogens with one attached hydrogen (secondary N) is 1. The second-order valence-corrected chi connectivity index (χ2v) is 7.18. The molecule has 0 unspecified atom stereocenters. The Kier molecular flexibility index (Phi) is 5.67. The molecule has 1 aliphatic heterocycles. The number of amides is 1. The van der Waals surface area contributed by atoms with Crippen molar-refractivity contribution in [2.24, 2.45) is 11.8 Å². The van der Waals surface area contributed by atoms with Crippen molar-refractivity contribution in [2.75, 3.05) is 30.0 Å². The molecule has 122 valence electrons. The van der Waals surface area contributed by atoms with Gasteiger partial charge in [-0.2, -0.15) is 11.8 Å². The monoisotopic (exact) mass is 322 g/mol. The van der Waals surface area contributed by atoms with Crippen LogP contribution in [0.25, 0.3) is 0 Å². The molecule has 2 heterocycles. The molecule has 1 aromatic heterocycles. The van der Waals surface area contributed by atoms with Crippen LogP contribution in [-0.4, -0.2) is 47.0 Å². The van der Waals surface area contributed by atoms with E-state index in [1.54, 1.807) is 11.8 Å². The molecular weight excluding hydrogens is 296 g/mol. The Bertz CT molecular complexity index is 535. The van der Waals surface area contributed by atoms with Crippen molar-refractivity contribution in [2.45, 2.75) is 33.7 Å². The number of hydrogen-bond acceptors (Lipinski definition) is 5. The van der Waals surface area contributed by atoms with Crippen molar-refractivity contribution in [3.63, 3.8) is 0 Å². The molecule has 6 heteroatoms. The topological polar surface area (TPSA) is 58.1 Å². The van der Waals surface area contributed by atoms with E-state index in [9.17, 15) is 4.79 Å². The highest BCUT2D eigenvalue weighted by molar-refractivity contribution is 7.99. The number of hydrogen-bond donors (Lipinski definition) is 1. The van der Waals surface area contributed by atoms with Crippen LogP contribution in [0.4, 0.5) is 5.82 Å². The molecule has 1 N–H and O–H groups in total. The molecule has 0 spiro atoms. The second kappa shape index (κ2) is 7.31. The number of thioether (sulfide) groups is 1. The molecule has 5 nitrogen and oxygen atoms in total. The molecule has 1 aromatic rings. The molecule has 1 amide bonds. The summed E-state index contributed by atoms with van der Waals surface area (Å²) in [5.41, 5.74) is 1.93. The predicted octanol–water partition coefficient (Wildman–Crippen LogP) is 2.03. The van der Waals surface area contributed by atoms with Gasteiger partial charge in [0.1, 0.15) is 5.82 Å². The van der Waals surface area contributed by atoms with Gasteiger partial charge in [-0.3, -0.25) is 9.78 Å². The first kappa shape index (κ1) is 17.1. The van der Waals surface area contributed by atoms with Gasteiger partial charge in [-0.1, -0.05) is 13.8 Å². The molecule has 0 saturated carbocycles. The summed E-state index contributed by atoms with van der Waals surface area (Å²) in [6, 6.07) is 0.183. The van der Waals surface area contributed by atoms with Gasteiger partial charge in [-0.25, -0.2) is 4.98 Å². The zero-order chi connectivity index (χ0) is 16.3. The standard InChI is InChI=1S/C16H26N4OS/c1-10(2)13-7-20(8-14(13)19-16(21)9-22-5)15-6-17-11(3)12(4)18-15/h6,10,13-14H,7-9H2,1-5H3,(H,19,21)/t13-,14+/m1/s1. The highest BCUT2D eigenvalue weighted by atomic mass is 32.2. The molecule has 0 radical (unpaired) electrons. The molecule has 22 heavy (non-hydrogen) atoms. The van der Waals surface area contributed by atoms with Crippen molar-refractivity contribution in [1.29, 1.82) is 0 Å². The SMILES string of the molecule is CSCC(=O)N[C@H]1CN(c2cnc(C)c(C)n2)C[C@@H]1C(C)C. The molecule has 2 atom stereocenters. The smallest absolute Gasteiger partial charge is 0.230 e. The summed E-state index contributed by atoms with van der Waals surface area (Å²) in [5, 5.41) is 3.19. The van der Waals surface area contributed by atoms with Crippen LogP contribution in [0.2, 0.25) is 0 Å². The summed E-state index contributed by atoms with van der Waals surface area (Å²) in [7, 11) is 0. The van der Waals surface area contributed by atoms with Gasteiger partial charge in [0.25, 0.3) is 0 Å². The molecule has 0 bridgehead atoms. The Balaban J connectivity index is 2.12. The Morgan fingerprint density at radius 3 is 2.73 bits per heavy atom. The van der Waals surface area contributed by atoms with E-state index in [0.29, 0.717) is 17.6 Å². The van der Waals surface area contributed by atoms with Crippen molar-refractivity contribution < 1.29 is 4.79 Å². The number of aryl methyl sites for hydroxylation is 2. The molecule has 1 aliphatic rings. The van der Waals surface area contributed by atoms with Gasteiger partial charge in [0.05, 0.1) is 29.4 Å². The summed E-state index contributed by atoms with van der Waals surface area (Å²) >= 11 is 1.56. The number of carbonyl (C=O) groups excluding carboxylic acids is 1. The van der Waals surface area contributed by atoms with E-state index in [0.717, 1.165) is 30.3 Å². The van der Waals surface area contributed by atoms with E-state index in [4.69, 9.17) is 0 Å². The van der Waals surface area contributed by atoms with E-state index < -0.39 is 0 Å². The number of nitrogens with zero attached hydrogens (tertiary/aromatic N) is 3. The lowest BCUT2D eigenvalue weighted by atomic mass is 9.91. The van der Waals surface area contributed by atoms with Gasteiger partial charge in [0.2, 0.25) is 5.91 Å². The number of carbonyl (C=O) groups is 1. The minimum Gasteiger partial charge on any atom is -0.353 e. The fourth-order valence-corrected chi connectivity index (χ4v) is 3.25. The van der Waals surface area contributed by atoms with Gasteiger partial charge in [-0.15, -0.1) is 0 Å². The van der Waals surface area contributed by atoms with Gasteiger partial charge in [0.15, 0.2) is 0 Å². The lowest BCUT2D eigenvalue weighted by Crippen LogP contribution is -2.42. The first-order valence-corrected chi connectivity index (χ1v) is 9.15. The Morgan fingerprint density at radius 2 is 2.14 bits per heavy atom. The van der Waals surface area contributed by atoms with E-state index in [-0.39, 0.29) is 11.9 Å². The van der Waals surface area contributed by atoms with Crippen LogP contribution in [0.3, 0.4) is 0 Å². The maximum atomic E-state index is 11.9. The zero-order valence-corrected chi connectivity index (χ0v) is 14.9. The lowest BCUT2D eigenvalue weighted by Gasteiger charge is -2.22. The second-order valence-electron chi connectivity index (χ2n) is 6.32. The van der Waals surface area contributed by atoms with Crippen LogP contribution in [-0.2, 0) is 4.79 Å². The first-order chi connectivity index (χ1) is 10.4. The first-order valence-electron chi connectivity index (χ1n) is 7.75. The average Bonchev–Trinajstić information content (AvgIpc) is 2.86. The van der Waals surface area contributed by atoms with Gasteiger partial charge < -0.3 is 10.2 Å². The highest BCUT2D eigenvalue weighted by Gasteiger charge is 2.36. The van der Waals surface area contributed by atoms with Crippen LogP contribution in [0.5, 0.6) is 0 Å². The highest BCUT2D eigenvalue weighted by Crippen LogP contribution is 2.28. The fourth-order valence-electron chi connectivity index (χ4n) is 2.91. The summed E-state index contributed by atoms with van der Waals surface area (Å²) in [5.74, 6) is 2.51.